The third-order valence-corrected chi connectivity index (χ3v) is 1.37. The number of allylic oxidation sites excluding steroid dienone is 4. The Bertz CT molecular complexity index is 179. The molecule has 0 fully saturated rings. The van der Waals surface area contributed by atoms with E-state index in [4.69, 9.17) is 0 Å². The number of aldehydes is 1. The molecule has 1 nitrogen and oxygen atoms in total. The van der Waals surface area contributed by atoms with Crippen LogP contribution < -0.4 is 0 Å². The fraction of sp³-hybridized carbons (Fsp3) is 0.125. The van der Waals surface area contributed by atoms with Gasteiger partial charge in [0.1, 0.15) is 0 Å². The van der Waals surface area contributed by atoms with Gasteiger partial charge in [0.2, 0.25) is 0 Å². The van der Waals surface area contributed by atoms with Gasteiger partial charge in [-0.1, -0.05) is 24.8 Å². The van der Waals surface area contributed by atoms with Crippen LogP contribution >= 0.6 is 12.6 Å². The highest BCUT2D eigenvalue weighted by Crippen LogP contribution is 2.08. The van der Waals surface area contributed by atoms with Gasteiger partial charge in [0.15, 0.2) is 6.29 Å². The second-order valence-electron chi connectivity index (χ2n) is 1.66. The lowest BCUT2D eigenvalue weighted by atomic mass is 10.2. The fourth-order valence-corrected chi connectivity index (χ4v) is 0.760. The molecule has 0 N–H and O–H groups in total. The van der Waals surface area contributed by atoms with Crippen LogP contribution in [0.15, 0.2) is 35.3 Å². The van der Waals surface area contributed by atoms with Crippen molar-refractivity contribution >= 4 is 18.9 Å². The molecule has 2 heteroatoms. The van der Waals surface area contributed by atoms with E-state index in [0.717, 1.165) is 6.29 Å². The Morgan fingerprint density at radius 1 is 1.60 bits per heavy atom. The first kappa shape index (κ1) is 9.24. The zero-order chi connectivity index (χ0) is 7.98. The van der Waals surface area contributed by atoms with Gasteiger partial charge in [-0.05, 0) is 6.92 Å². The second-order valence-corrected chi connectivity index (χ2v) is 2.14. The van der Waals surface area contributed by atoms with Crippen molar-refractivity contribution in [2.45, 2.75) is 6.92 Å². The molecule has 0 aliphatic heterocycles. The fourth-order valence-electron chi connectivity index (χ4n) is 0.467. The summed E-state index contributed by atoms with van der Waals surface area (Å²) in [5.41, 5.74) is 0.515. The molecule has 0 heterocycles. The van der Waals surface area contributed by atoms with Gasteiger partial charge >= 0.3 is 0 Å². The van der Waals surface area contributed by atoms with Gasteiger partial charge in [-0.2, -0.15) is 0 Å². The highest BCUT2D eigenvalue weighted by Gasteiger charge is 1.91. The summed E-state index contributed by atoms with van der Waals surface area (Å²) in [5, 5.41) is 0. The van der Waals surface area contributed by atoms with E-state index in [0.29, 0.717) is 10.5 Å². The zero-order valence-electron chi connectivity index (χ0n) is 5.87. The average molecular weight is 154 g/mol. The van der Waals surface area contributed by atoms with Gasteiger partial charge in [0, 0.05) is 10.5 Å². The Labute approximate surface area is 66.5 Å². The first-order chi connectivity index (χ1) is 4.76. The molecular weight excluding hydrogens is 144 g/mol. The maximum atomic E-state index is 10.2. The molecule has 10 heavy (non-hydrogen) atoms. The number of hydrogen-bond acceptors (Lipinski definition) is 2. The van der Waals surface area contributed by atoms with Crippen molar-refractivity contribution in [3.05, 3.63) is 35.3 Å². The summed E-state index contributed by atoms with van der Waals surface area (Å²) in [4.78, 5) is 10.9. The normalized spacial score (nSPS) is 13.0. The predicted molar refractivity (Wildman–Crippen MR) is 47.1 cm³/mol. The molecule has 0 rings (SSSR count). The van der Waals surface area contributed by atoms with Crippen molar-refractivity contribution in [1.82, 2.24) is 0 Å². The molecule has 0 aromatic rings. The van der Waals surface area contributed by atoms with Crippen LogP contribution in [0.4, 0.5) is 0 Å². The maximum Gasteiger partial charge on any atom is 0.151 e. The van der Waals surface area contributed by atoms with Crippen molar-refractivity contribution in [2.75, 3.05) is 0 Å². The molecule has 0 amide bonds. The summed E-state index contributed by atoms with van der Waals surface area (Å²) in [6.07, 6.45) is 5.77. The molecule has 0 bridgehead atoms. The number of hydrogen-bond donors (Lipinski definition) is 1. The summed E-state index contributed by atoms with van der Waals surface area (Å²) >= 11 is 4.06. The van der Waals surface area contributed by atoms with Crippen LogP contribution in [0.3, 0.4) is 0 Å². The Morgan fingerprint density at radius 2 is 2.20 bits per heavy atom. The summed E-state index contributed by atoms with van der Waals surface area (Å²) in [7, 11) is 0. The summed E-state index contributed by atoms with van der Waals surface area (Å²) in [5.74, 6) is 0. The minimum absolute atomic E-state index is 0.515. The molecule has 0 saturated carbocycles. The number of carbonyl (C=O) groups is 1. The third-order valence-electron chi connectivity index (χ3n) is 0.967. The topological polar surface area (TPSA) is 17.1 Å². The highest BCUT2D eigenvalue weighted by atomic mass is 32.1. The molecule has 0 aliphatic rings. The average Bonchev–Trinajstić information content (AvgIpc) is 1.91. The quantitative estimate of drug-likeness (QED) is 0.285. The Kier molecular flexibility index (Phi) is 4.67. The standard InChI is InChI=1S/C8H10OS/c1-3-5-8(10)7(4-2)6-9/h3-6,10H,2H2,1H3/b5-3-,8-7-. The van der Waals surface area contributed by atoms with E-state index in [1.165, 1.54) is 6.08 Å². The Balaban J connectivity index is 4.58. The van der Waals surface area contributed by atoms with Crippen LogP contribution in [-0.2, 0) is 4.79 Å². The molecular formula is C8H10OS. The van der Waals surface area contributed by atoms with Crippen LogP contribution in [0.5, 0.6) is 0 Å². The molecule has 0 aliphatic carbocycles. The van der Waals surface area contributed by atoms with E-state index in [1.807, 2.05) is 13.0 Å². The smallest absolute Gasteiger partial charge is 0.151 e. The van der Waals surface area contributed by atoms with E-state index in [-0.39, 0.29) is 0 Å². The Hall–Kier alpha value is -0.760. The monoisotopic (exact) mass is 154 g/mol. The van der Waals surface area contributed by atoms with Gasteiger partial charge in [0.25, 0.3) is 0 Å². The first-order valence-corrected chi connectivity index (χ1v) is 3.34. The van der Waals surface area contributed by atoms with E-state index >= 15 is 0 Å². The third kappa shape index (κ3) is 2.69. The van der Waals surface area contributed by atoms with E-state index < -0.39 is 0 Å². The molecule has 0 aromatic heterocycles. The van der Waals surface area contributed by atoms with Crippen molar-refractivity contribution in [2.24, 2.45) is 0 Å². The Morgan fingerprint density at radius 3 is 2.50 bits per heavy atom. The van der Waals surface area contributed by atoms with Gasteiger partial charge in [-0.25, -0.2) is 0 Å². The van der Waals surface area contributed by atoms with Gasteiger partial charge < -0.3 is 0 Å². The molecule has 54 valence electrons. The zero-order valence-corrected chi connectivity index (χ0v) is 6.77. The minimum Gasteiger partial charge on any atom is -0.298 e. The highest BCUT2D eigenvalue weighted by molar-refractivity contribution is 7.84. The van der Waals surface area contributed by atoms with E-state index in [9.17, 15) is 4.79 Å². The predicted octanol–water partition coefficient (Wildman–Crippen LogP) is 2.13. The van der Waals surface area contributed by atoms with Gasteiger partial charge in [-0.15, -0.1) is 12.6 Å². The lowest BCUT2D eigenvalue weighted by Crippen LogP contribution is -1.80. The first-order valence-electron chi connectivity index (χ1n) is 2.89. The lowest BCUT2D eigenvalue weighted by Gasteiger charge is -1.91. The van der Waals surface area contributed by atoms with Crippen LogP contribution in [0.25, 0.3) is 0 Å². The SMILES string of the molecule is C=C/C(C=O)=C(S)\C=C/C. The van der Waals surface area contributed by atoms with Crippen LogP contribution in [0.2, 0.25) is 0 Å². The molecule has 0 radical (unpaired) electrons. The second kappa shape index (κ2) is 5.06. The van der Waals surface area contributed by atoms with E-state index in [2.05, 4.69) is 19.2 Å². The molecule has 0 spiro atoms. The van der Waals surface area contributed by atoms with Crippen molar-refractivity contribution in [3.8, 4) is 0 Å². The molecule has 0 saturated heterocycles. The maximum absolute atomic E-state index is 10.2. The van der Waals surface area contributed by atoms with E-state index in [1.54, 1.807) is 6.08 Å². The number of thiol groups is 1. The van der Waals surface area contributed by atoms with Gasteiger partial charge in [-0.3, -0.25) is 4.79 Å². The summed E-state index contributed by atoms with van der Waals surface area (Å²) in [6, 6.07) is 0. The summed E-state index contributed by atoms with van der Waals surface area (Å²) in [6.45, 7) is 5.33. The van der Waals surface area contributed by atoms with Crippen LogP contribution in [0.1, 0.15) is 6.92 Å². The molecule has 0 atom stereocenters. The number of rotatable bonds is 3. The molecule has 0 aromatic carbocycles. The lowest BCUT2D eigenvalue weighted by molar-refractivity contribution is -0.104. The van der Waals surface area contributed by atoms with Gasteiger partial charge in [0.05, 0.1) is 0 Å². The van der Waals surface area contributed by atoms with Crippen LogP contribution in [0, 0.1) is 0 Å². The minimum atomic E-state index is 0.515. The molecule has 0 unspecified atom stereocenters. The van der Waals surface area contributed by atoms with Crippen molar-refractivity contribution in [1.29, 1.82) is 0 Å². The summed E-state index contributed by atoms with van der Waals surface area (Å²) < 4.78 is 0. The number of carbonyl (C=O) groups excluding carboxylic acids is 1. The van der Waals surface area contributed by atoms with Crippen molar-refractivity contribution < 1.29 is 4.79 Å². The van der Waals surface area contributed by atoms with Crippen LogP contribution in [-0.4, -0.2) is 6.29 Å². The largest absolute Gasteiger partial charge is 0.298 e. The van der Waals surface area contributed by atoms with Crippen molar-refractivity contribution in [3.63, 3.8) is 0 Å².